The average Bonchev–Trinajstić information content (AvgIpc) is 2.90. The lowest BCUT2D eigenvalue weighted by atomic mass is 10.2. The van der Waals surface area contributed by atoms with Crippen LogP contribution >= 0.6 is 92.2 Å². The van der Waals surface area contributed by atoms with E-state index in [4.69, 9.17) is 69.6 Å². The van der Waals surface area contributed by atoms with Gasteiger partial charge >= 0.3 is 22.1 Å². The molecule has 0 aromatic heterocycles. The SMILES string of the molecule is C.CI.COC(=O)CCS(=O)(=O)Cc1c(Cl)cc(Cl)cc1Cl.COC(=O)CN(C)S(=O)(=O)N(C)c1c(Cl)cc(Cl)cc1Cl. The zero-order valence-corrected chi connectivity index (χ0v) is 31.1. The molecule has 0 bridgehead atoms. The Morgan fingerprint density at radius 1 is 0.767 bits per heavy atom. The second-order valence-corrected chi connectivity index (χ2v) is 14.5. The van der Waals surface area contributed by atoms with Crippen LogP contribution < -0.4 is 4.31 Å². The molecule has 0 spiro atoms. The number of carbonyl (C=O) groups is 2. The number of methoxy groups -OCH3 is 2. The van der Waals surface area contributed by atoms with E-state index in [1.54, 1.807) is 0 Å². The van der Waals surface area contributed by atoms with Gasteiger partial charge in [0.05, 0.1) is 47.9 Å². The molecule has 0 N–H and O–H groups in total. The maximum atomic E-state index is 12.4. The molecule has 0 amide bonds. The van der Waals surface area contributed by atoms with E-state index >= 15 is 0 Å². The van der Waals surface area contributed by atoms with Crippen molar-refractivity contribution in [3.63, 3.8) is 0 Å². The molecule has 10 nitrogen and oxygen atoms in total. The fraction of sp³-hybridized carbons (Fsp3) is 0.417. The van der Waals surface area contributed by atoms with Crippen LogP contribution in [0.3, 0.4) is 0 Å². The van der Waals surface area contributed by atoms with E-state index in [9.17, 15) is 26.4 Å². The maximum absolute atomic E-state index is 12.4. The zero-order chi connectivity index (χ0) is 33.0. The number of alkyl halides is 1. The summed E-state index contributed by atoms with van der Waals surface area (Å²) in [4.78, 5) is 24.1. The Morgan fingerprint density at radius 2 is 1.16 bits per heavy atom. The molecule has 0 unspecified atom stereocenters. The summed E-state index contributed by atoms with van der Waals surface area (Å²) in [5.74, 6) is -1.95. The van der Waals surface area contributed by atoms with E-state index < -0.39 is 38.5 Å². The molecule has 43 heavy (non-hydrogen) atoms. The highest BCUT2D eigenvalue weighted by atomic mass is 127. The van der Waals surface area contributed by atoms with Crippen molar-refractivity contribution in [2.75, 3.05) is 49.8 Å². The Hall–Kier alpha value is -0.490. The van der Waals surface area contributed by atoms with Gasteiger partial charge in [0, 0.05) is 39.7 Å². The second-order valence-electron chi connectivity index (χ2n) is 7.79. The van der Waals surface area contributed by atoms with Gasteiger partial charge in [-0.2, -0.15) is 12.7 Å². The minimum Gasteiger partial charge on any atom is -0.469 e. The summed E-state index contributed by atoms with van der Waals surface area (Å²) in [6.07, 6.45) is -0.207. The summed E-state index contributed by atoms with van der Waals surface area (Å²) in [7, 11) is -2.64. The van der Waals surface area contributed by atoms with E-state index in [1.807, 2.05) is 4.93 Å². The van der Waals surface area contributed by atoms with E-state index in [0.29, 0.717) is 5.02 Å². The van der Waals surface area contributed by atoms with Crippen LogP contribution in [0.2, 0.25) is 30.1 Å². The summed E-state index contributed by atoms with van der Waals surface area (Å²) in [6.45, 7) is -0.438. The number of halogens is 7. The van der Waals surface area contributed by atoms with Crippen LogP contribution in [-0.2, 0) is 44.9 Å². The highest BCUT2D eigenvalue weighted by molar-refractivity contribution is 14.1. The molecule has 0 fully saturated rings. The number of carbonyl (C=O) groups excluding carboxylic acids is 2. The number of anilines is 1. The summed E-state index contributed by atoms with van der Waals surface area (Å²) in [5, 5.41) is 1.11. The largest absolute Gasteiger partial charge is 0.469 e. The molecular weight excluding hydrogens is 848 g/mol. The van der Waals surface area contributed by atoms with Gasteiger partial charge in [0.25, 0.3) is 0 Å². The fourth-order valence-corrected chi connectivity index (χ4v) is 7.60. The Kier molecular flexibility index (Phi) is 21.4. The summed E-state index contributed by atoms with van der Waals surface area (Å²) in [5.41, 5.74) is 0.344. The van der Waals surface area contributed by atoms with Gasteiger partial charge < -0.3 is 9.47 Å². The molecule has 0 aliphatic heterocycles. The molecule has 2 aromatic rings. The van der Waals surface area contributed by atoms with Crippen molar-refractivity contribution in [3.8, 4) is 0 Å². The summed E-state index contributed by atoms with van der Waals surface area (Å²) >= 11 is 37.5. The molecule has 0 atom stereocenters. The quantitative estimate of drug-likeness (QED) is 0.139. The van der Waals surface area contributed by atoms with Crippen molar-refractivity contribution in [1.29, 1.82) is 0 Å². The molecule has 2 rings (SSSR count). The van der Waals surface area contributed by atoms with Crippen molar-refractivity contribution >= 4 is 130 Å². The lowest BCUT2D eigenvalue weighted by Gasteiger charge is -2.26. The third-order valence-electron chi connectivity index (χ3n) is 4.93. The standard InChI is InChI=1S/C11H13Cl3N2O4S.C11H11Cl3O4S.CH3I.CH4/c1-15(6-10(17)20-3)21(18,19)16(2)11-8(13)4-7(12)5-9(11)14;1-18-11(15)2-3-19(16,17)6-8-9(13)4-7(12)5-10(8)14;1-2;/h4-5H,6H2,1-3H3;4-5H,2-3,6H2,1H3;1H3;1H4. The van der Waals surface area contributed by atoms with Crippen LogP contribution in [0.25, 0.3) is 0 Å². The van der Waals surface area contributed by atoms with Crippen LogP contribution in [0.15, 0.2) is 24.3 Å². The van der Waals surface area contributed by atoms with Crippen molar-refractivity contribution in [1.82, 2.24) is 4.31 Å². The number of sulfone groups is 1. The van der Waals surface area contributed by atoms with Crippen molar-refractivity contribution in [2.45, 2.75) is 19.6 Å². The number of benzene rings is 2. The van der Waals surface area contributed by atoms with Crippen LogP contribution in [-0.4, -0.2) is 78.6 Å². The second kappa shape index (κ2) is 20.6. The Balaban J connectivity index is 0. The number of esters is 2. The van der Waals surface area contributed by atoms with Gasteiger partial charge in [0.2, 0.25) is 0 Å². The van der Waals surface area contributed by atoms with E-state index in [2.05, 4.69) is 32.1 Å². The predicted molar refractivity (Wildman–Crippen MR) is 186 cm³/mol. The summed E-state index contributed by atoms with van der Waals surface area (Å²) < 4.78 is 58.9. The monoisotopic (exact) mass is 876 g/mol. The number of hydrogen-bond donors (Lipinski definition) is 0. The molecule has 0 heterocycles. The van der Waals surface area contributed by atoms with Crippen LogP contribution in [0.1, 0.15) is 19.4 Å². The van der Waals surface area contributed by atoms with Gasteiger partial charge in [0.1, 0.15) is 6.54 Å². The van der Waals surface area contributed by atoms with Crippen LogP contribution in [0.5, 0.6) is 0 Å². The van der Waals surface area contributed by atoms with Crippen molar-refractivity contribution < 1.29 is 35.9 Å². The van der Waals surface area contributed by atoms with Gasteiger partial charge in [-0.05, 0) is 29.2 Å². The number of likely N-dealkylation sites (N-methyl/N-ethyl adjacent to an activating group) is 1. The highest BCUT2D eigenvalue weighted by Crippen LogP contribution is 2.37. The Bertz CT molecular complexity index is 1420. The predicted octanol–water partition coefficient (Wildman–Crippen LogP) is 7.24. The molecule has 19 heteroatoms. The first kappa shape index (κ1) is 44.6. The maximum Gasteiger partial charge on any atom is 0.321 e. The van der Waals surface area contributed by atoms with Gasteiger partial charge in [-0.25, -0.2) is 8.42 Å². The Labute approximate surface area is 297 Å². The molecule has 0 aliphatic carbocycles. The van der Waals surface area contributed by atoms with E-state index in [0.717, 1.165) is 8.61 Å². The molecule has 246 valence electrons. The summed E-state index contributed by atoms with van der Waals surface area (Å²) in [6, 6.07) is 5.58. The number of rotatable bonds is 10. The van der Waals surface area contributed by atoms with Crippen LogP contribution in [0.4, 0.5) is 5.69 Å². The molecule has 0 saturated heterocycles. The number of ether oxygens (including phenoxy) is 2. The molecule has 0 radical (unpaired) electrons. The van der Waals surface area contributed by atoms with E-state index in [-0.39, 0.29) is 61.7 Å². The fourth-order valence-electron chi connectivity index (χ4n) is 2.83. The van der Waals surface area contributed by atoms with Crippen molar-refractivity contribution in [3.05, 3.63) is 60.0 Å². The molecular formula is C24H31Cl6IN2O8S2. The molecule has 0 saturated carbocycles. The minimum atomic E-state index is -4.00. The van der Waals surface area contributed by atoms with Crippen molar-refractivity contribution in [2.24, 2.45) is 0 Å². The third kappa shape index (κ3) is 14.6. The van der Waals surface area contributed by atoms with E-state index in [1.165, 1.54) is 52.6 Å². The minimum absolute atomic E-state index is 0. The normalized spacial score (nSPS) is 10.8. The first-order valence-electron chi connectivity index (χ1n) is 11.1. The van der Waals surface area contributed by atoms with Crippen LogP contribution in [0, 0.1) is 0 Å². The third-order valence-corrected chi connectivity index (χ3v) is 9.96. The van der Waals surface area contributed by atoms with Gasteiger partial charge in [-0.3, -0.25) is 13.9 Å². The number of hydrogen-bond acceptors (Lipinski definition) is 8. The Morgan fingerprint density at radius 3 is 1.56 bits per heavy atom. The highest BCUT2D eigenvalue weighted by Gasteiger charge is 2.29. The molecule has 0 aliphatic rings. The average molecular weight is 879 g/mol. The molecule has 2 aromatic carbocycles. The van der Waals surface area contributed by atoms with Gasteiger partial charge in [-0.1, -0.05) is 99.6 Å². The topological polar surface area (TPSA) is 127 Å². The first-order chi connectivity index (χ1) is 19.4. The lowest BCUT2D eigenvalue weighted by molar-refractivity contribution is -0.141. The first-order valence-corrected chi connectivity index (χ1v) is 18.7. The zero-order valence-electron chi connectivity index (χ0n) is 22.8. The van der Waals surface area contributed by atoms with Gasteiger partial charge in [0.15, 0.2) is 9.84 Å². The smallest absolute Gasteiger partial charge is 0.321 e. The van der Waals surface area contributed by atoms with Gasteiger partial charge in [-0.15, -0.1) is 0 Å². The lowest BCUT2D eigenvalue weighted by Crippen LogP contribution is -2.42. The number of nitrogens with zero attached hydrogens (tertiary/aromatic N) is 2.